The maximum Gasteiger partial charge on any atom is 0.0449 e. The van der Waals surface area contributed by atoms with Crippen LogP contribution in [0.25, 0.3) is 0 Å². The Hall–Kier alpha value is -0.860. The minimum atomic E-state index is 0.457. The molecule has 0 radical (unpaired) electrons. The third-order valence-corrected chi connectivity index (χ3v) is 4.32. The van der Waals surface area contributed by atoms with E-state index < -0.39 is 0 Å². The molecule has 1 heterocycles. The quantitative estimate of drug-likeness (QED) is 0.872. The van der Waals surface area contributed by atoms with E-state index >= 15 is 0 Å². The van der Waals surface area contributed by atoms with Crippen LogP contribution in [0.2, 0.25) is 0 Å². The molecule has 19 heavy (non-hydrogen) atoms. The van der Waals surface area contributed by atoms with Crippen LogP contribution < -0.4 is 5.32 Å². The highest BCUT2D eigenvalue weighted by Crippen LogP contribution is 2.24. The summed E-state index contributed by atoms with van der Waals surface area (Å²) in [4.78, 5) is 2.66. The van der Waals surface area contributed by atoms with E-state index in [0.717, 1.165) is 25.0 Å². The molecule has 0 aliphatic carbocycles. The number of hydrogen-bond donors (Lipinski definition) is 1. The fourth-order valence-corrected chi connectivity index (χ4v) is 3.09. The van der Waals surface area contributed by atoms with Crippen LogP contribution in [0.3, 0.4) is 0 Å². The van der Waals surface area contributed by atoms with Crippen molar-refractivity contribution in [1.82, 2.24) is 10.2 Å². The predicted molar refractivity (Wildman–Crippen MR) is 82.3 cm³/mol. The molecule has 3 unspecified atom stereocenters. The van der Waals surface area contributed by atoms with Gasteiger partial charge in [0.15, 0.2) is 0 Å². The van der Waals surface area contributed by atoms with Crippen LogP contribution in [0, 0.1) is 5.92 Å². The van der Waals surface area contributed by atoms with E-state index in [0.29, 0.717) is 6.04 Å². The van der Waals surface area contributed by atoms with Gasteiger partial charge in [0.2, 0.25) is 0 Å². The first-order valence-corrected chi connectivity index (χ1v) is 7.73. The fourth-order valence-electron chi connectivity index (χ4n) is 3.09. The maximum absolute atomic E-state index is 3.64. The fraction of sp³-hybridized carbons (Fsp3) is 0.647. The van der Waals surface area contributed by atoms with Crippen molar-refractivity contribution in [3.05, 3.63) is 35.9 Å². The van der Waals surface area contributed by atoms with E-state index in [1.807, 2.05) is 0 Å². The zero-order chi connectivity index (χ0) is 13.7. The van der Waals surface area contributed by atoms with E-state index in [2.05, 4.69) is 61.3 Å². The van der Waals surface area contributed by atoms with Gasteiger partial charge in [0.1, 0.15) is 0 Å². The highest BCUT2D eigenvalue weighted by atomic mass is 15.2. The summed E-state index contributed by atoms with van der Waals surface area (Å²) >= 11 is 0. The number of nitrogens with one attached hydrogen (secondary N) is 1. The molecule has 0 saturated carbocycles. The normalized spacial score (nSPS) is 26.3. The molecule has 1 fully saturated rings. The summed E-state index contributed by atoms with van der Waals surface area (Å²) < 4.78 is 0. The molecule has 1 saturated heterocycles. The summed E-state index contributed by atoms with van der Waals surface area (Å²) in [7, 11) is 0. The van der Waals surface area contributed by atoms with Crippen molar-refractivity contribution < 1.29 is 0 Å². The molecule has 1 aliphatic rings. The Morgan fingerprint density at radius 3 is 2.63 bits per heavy atom. The number of likely N-dealkylation sites (tertiary alicyclic amines) is 1. The first-order chi connectivity index (χ1) is 9.20. The van der Waals surface area contributed by atoms with Crippen LogP contribution in [0.5, 0.6) is 0 Å². The summed E-state index contributed by atoms with van der Waals surface area (Å²) in [5.74, 6) is 0.842. The Morgan fingerprint density at radius 1 is 1.21 bits per heavy atom. The van der Waals surface area contributed by atoms with Gasteiger partial charge in [0.05, 0.1) is 0 Å². The molecule has 3 atom stereocenters. The highest BCUT2D eigenvalue weighted by Gasteiger charge is 2.25. The van der Waals surface area contributed by atoms with Crippen LogP contribution in [0.4, 0.5) is 0 Å². The van der Waals surface area contributed by atoms with Crippen molar-refractivity contribution in [2.45, 2.75) is 45.7 Å². The number of likely N-dealkylation sites (N-methyl/N-ethyl adjacent to an activating group) is 1. The Bertz CT molecular complexity index is 363. The lowest BCUT2D eigenvalue weighted by molar-refractivity contribution is 0.112. The Balaban J connectivity index is 2.03. The van der Waals surface area contributed by atoms with E-state index in [1.165, 1.54) is 24.9 Å². The molecule has 0 aromatic heterocycles. The van der Waals surface area contributed by atoms with Crippen LogP contribution >= 0.6 is 0 Å². The summed E-state index contributed by atoms with van der Waals surface area (Å²) in [5.41, 5.74) is 1.41. The van der Waals surface area contributed by atoms with Gasteiger partial charge < -0.3 is 5.32 Å². The summed E-state index contributed by atoms with van der Waals surface area (Å²) in [5, 5.41) is 3.64. The molecule has 0 bridgehead atoms. The van der Waals surface area contributed by atoms with Crippen molar-refractivity contribution >= 4 is 0 Å². The zero-order valence-corrected chi connectivity index (χ0v) is 12.6. The topological polar surface area (TPSA) is 15.3 Å². The first-order valence-electron chi connectivity index (χ1n) is 7.73. The lowest BCUT2D eigenvalue weighted by atomic mass is 9.94. The average Bonchev–Trinajstić information content (AvgIpc) is 2.43. The van der Waals surface area contributed by atoms with Crippen molar-refractivity contribution in [2.24, 2.45) is 5.92 Å². The van der Waals surface area contributed by atoms with E-state index in [1.54, 1.807) is 0 Å². The second kappa shape index (κ2) is 7.06. The van der Waals surface area contributed by atoms with Gasteiger partial charge in [-0.2, -0.15) is 0 Å². The smallest absolute Gasteiger partial charge is 0.0449 e. The zero-order valence-electron chi connectivity index (χ0n) is 12.6. The maximum atomic E-state index is 3.64. The van der Waals surface area contributed by atoms with E-state index in [-0.39, 0.29) is 0 Å². The minimum absolute atomic E-state index is 0.457. The second-order valence-corrected chi connectivity index (χ2v) is 6.01. The molecule has 0 amide bonds. The van der Waals surface area contributed by atoms with Crippen LogP contribution in [-0.4, -0.2) is 30.6 Å². The highest BCUT2D eigenvalue weighted by molar-refractivity contribution is 5.19. The molecule has 1 aromatic rings. The van der Waals surface area contributed by atoms with Crippen LogP contribution in [0.1, 0.15) is 45.2 Å². The number of hydrogen-bond acceptors (Lipinski definition) is 2. The van der Waals surface area contributed by atoms with E-state index in [4.69, 9.17) is 0 Å². The molecular weight excluding hydrogens is 232 g/mol. The molecule has 1 N–H and O–H groups in total. The second-order valence-electron chi connectivity index (χ2n) is 6.01. The van der Waals surface area contributed by atoms with Gasteiger partial charge in [-0.25, -0.2) is 0 Å². The van der Waals surface area contributed by atoms with Crippen molar-refractivity contribution in [1.29, 1.82) is 0 Å². The Labute approximate surface area is 118 Å². The lowest BCUT2D eigenvalue weighted by Crippen LogP contribution is -2.45. The van der Waals surface area contributed by atoms with Gasteiger partial charge in [-0.3, -0.25) is 4.90 Å². The minimum Gasteiger partial charge on any atom is -0.309 e. The van der Waals surface area contributed by atoms with Crippen molar-refractivity contribution in [3.63, 3.8) is 0 Å². The molecule has 2 rings (SSSR count). The molecule has 0 spiro atoms. The molecular formula is C17H28N2. The first kappa shape index (κ1) is 14.5. The van der Waals surface area contributed by atoms with Gasteiger partial charge in [-0.15, -0.1) is 0 Å². The molecule has 106 valence electrons. The van der Waals surface area contributed by atoms with Gasteiger partial charge in [0, 0.05) is 25.2 Å². The molecule has 2 heteroatoms. The summed E-state index contributed by atoms with van der Waals surface area (Å²) in [6, 6.07) is 12.0. The Kier molecular flexibility index (Phi) is 5.41. The molecule has 1 aliphatic heterocycles. The third-order valence-electron chi connectivity index (χ3n) is 4.32. The van der Waals surface area contributed by atoms with Gasteiger partial charge in [0.25, 0.3) is 0 Å². The Morgan fingerprint density at radius 2 is 1.95 bits per heavy atom. The summed E-state index contributed by atoms with van der Waals surface area (Å²) in [6.07, 6.45) is 2.73. The van der Waals surface area contributed by atoms with Gasteiger partial charge >= 0.3 is 0 Å². The lowest BCUT2D eigenvalue weighted by Gasteiger charge is -2.39. The average molecular weight is 260 g/mol. The number of benzene rings is 1. The SMILES string of the molecule is CCNC(CN1CC(C)CCC1C)c1ccccc1. The van der Waals surface area contributed by atoms with Crippen LogP contribution in [0.15, 0.2) is 30.3 Å². The standard InChI is InChI=1S/C17H28N2/c1-4-18-17(16-8-6-5-7-9-16)13-19-12-14(2)10-11-15(19)3/h5-9,14-15,17-18H,4,10-13H2,1-3H3. The number of nitrogens with zero attached hydrogens (tertiary/aromatic N) is 1. The van der Waals surface area contributed by atoms with Crippen molar-refractivity contribution in [3.8, 4) is 0 Å². The largest absolute Gasteiger partial charge is 0.309 e. The molecule has 1 aromatic carbocycles. The predicted octanol–water partition coefficient (Wildman–Crippen LogP) is 3.46. The van der Waals surface area contributed by atoms with E-state index in [9.17, 15) is 0 Å². The number of piperidine rings is 1. The monoisotopic (exact) mass is 260 g/mol. The van der Waals surface area contributed by atoms with Crippen LogP contribution in [-0.2, 0) is 0 Å². The van der Waals surface area contributed by atoms with Gasteiger partial charge in [-0.05, 0) is 37.8 Å². The summed E-state index contributed by atoms with van der Waals surface area (Å²) in [6.45, 7) is 10.3. The molecule has 2 nitrogen and oxygen atoms in total. The van der Waals surface area contributed by atoms with Gasteiger partial charge in [-0.1, -0.05) is 44.2 Å². The third kappa shape index (κ3) is 4.05. The number of rotatable bonds is 5. The van der Waals surface area contributed by atoms with Crippen molar-refractivity contribution in [2.75, 3.05) is 19.6 Å².